The van der Waals surface area contributed by atoms with Gasteiger partial charge in [-0.1, -0.05) is 12.3 Å². The second kappa shape index (κ2) is 7.89. The van der Waals surface area contributed by atoms with Crippen molar-refractivity contribution in [3.05, 3.63) is 0 Å². The van der Waals surface area contributed by atoms with Crippen molar-refractivity contribution in [2.24, 2.45) is 0 Å². The molecule has 2 aliphatic heterocycles. The van der Waals surface area contributed by atoms with Gasteiger partial charge in [-0.05, 0) is 53.0 Å². The van der Waals surface area contributed by atoms with E-state index in [4.69, 9.17) is 4.74 Å². The monoisotopic (exact) mass is 335 g/mol. The van der Waals surface area contributed by atoms with Gasteiger partial charge in [0.2, 0.25) is 0 Å². The Kier molecular flexibility index (Phi) is 6.11. The number of rotatable bonds is 2. The first-order chi connectivity index (χ1) is 11.3. The average Bonchev–Trinajstić information content (AvgIpc) is 2.50. The molecule has 6 heteroatoms. The predicted molar refractivity (Wildman–Crippen MR) is 92.4 cm³/mol. The third-order valence-corrected chi connectivity index (χ3v) is 4.41. The SMILES string of the molecule is CC#CC(=O)NCC1CN2CCCCC2CN1C(=O)OC(C)(C)C. The van der Waals surface area contributed by atoms with E-state index in [2.05, 4.69) is 22.1 Å². The quantitative estimate of drug-likeness (QED) is 0.779. The maximum Gasteiger partial charge on any atom is 0.410 e. The van der Waals surface area contributed by atoms with Crippen LogP contribution in [0.1, 0.15) is 47.0 Å². The number of nitrogens with one attached hydrogen (secondary N) is 1. The minimum atomic E-state index is -0.526. The first kappa shape index (κ1) is 18.6. The van der Waals surface area contributed by atoms with Crippen LogP contribution >= 0.6 is 0 Å². The molecule has 2 fully saturated rings. The zero-order chi connectivity index (χ0) is 17.7. The molecule has 0 aliphatic carbocycles. The molecule has 2 saturated heterocycles. The van der Waals surface area contributed by atoms with E-state index in [9.17, 15) is 9.59 Å². The molecule has 0 saturated carbocycles. The van der Waals surface area contributed by atoms with Crippen molar-refractivity contribution in [1.82, 2.24) is 15.1 Å². The van der Waals surface area contributed by atoms with Gasteiger partial charge in [0.1, 0.15) is 5.60 Å². The average molecular weight is 335 g/mol. The summed E-state index contributed by atoms with van der Waals surface area (Å²) < 4.78 is 5.57. The van der Waals surface area contributed by atoms with Crippen molar-refractivity contribution < 1.29 is 14.3 Å². The molecule has 24 heavy (non-hydrogen) atoms. The number of piperazine rings is 1. The molecule has 0 aromatic carbocycles. The van der Waals surface area contributed by atoms with E-state index in [0.29, 0.717) is 19.1 Å². The summed E-state index contributed by atoms with van der Waals surface area (Å²) in [5, 5.41) is 2.81. The molecule has 2 rings (SSSR count). The van der Waals surface area contributed by atoms with Crippen LogP contribution in [0.2, 0.25) is 0 Å². The second-order valence-corrected chi connectivity index (χ2v) is 7.52. The van der Waals surface area contributed by atoms with Gasteiger partial charge in [0.05, 0.1) is 6.04 Å². The smallest absolute Gasteiger partial charge is 0.410 e. The minimum absolute atomic E-state index is 0.0863. The van der Waals surface area contributed by atoms with Gasteiger partial charge in [0.25, 0.3) is 5.91 Å². The Bertz CT molecular complexity index is 530. The summed E-state index contributed by atoms with van der Waals surface area (Å²) in [6.45, 7) is 10.1. The molecule has 134 valence electrons. The lowest BCUT2D eigenvalue weighted by molar-refractivity contribution is -0.116. The predicted octanol–water partition coefficient (Wildman–Crippen LogP) is 1.60. The molecule has 6 nitrogen and oxygen atoms in total. The van der Waals surface area contributed by atoms with Crippen LogP contribution in [0.5, 0.6) is 0 Å². The Morgan fingerprint density at radius 3 is 2.67 bits per heavy atom. The number of ether oxygens (including phenoxy) is 1. The van der Waals surface area contributed by atoms with Crippen molar-refractivity contribution >= 4 is 12.0 Å². The van der Waals surface area contributed by atoms with Crippen LogP contribution in [0, 0.1) is 11.8 Å². The number of hydrogen-bond donors (Lipinski definition) is 1. The molecule has 2 aliphatic rings. The van der Waals surface area contributed by atoms with Gasteiger partial charge in [-0.15, -0.1) is 0 Å². The minimum Gasteiger partial charge on any atom is -0.444 e. The summed E-state index contributed by atoms with van der Waals surface area (Å²) in [6.07, 6.45) is 3.22. The van der Waals surface area contributed by atoms with Gasteiger partial charge < -0.3 is 15.0 Å². The van der Waals surface area contributed by atoms with Crippen LogP contribution in [0.15, 0.2) is 0 Å². The number of fused-ring (bicyclic) bond motifs is 1. The Hall–Kier alpha value is -1.74. The van der Waals surface area contributed by atoms with E-state index >= 15 is 0 Å². The molecule has 0 radical (unpaired) electrons. The highest BCUT2D eigenvalue weighted by Crippen LogP contribution is 2.25. The molecule has 2 unspecified atom stereocenters. The molecule has 2 amide bonds. The van der Waals surface area contributed by atoms with E-state index in [1.165, 1.54) is 12.8 Å². The zero-order valence-corrected chi connectivity index (χ0v) is 15.2. The highest BCUT2D eigenvalue weighted by atomic mass is 16.6. The summed E-state index contributed by atoms with van der Waals surface area (Å²) in [6, 6.07) is 0.311. The fraction of sp³-hybridized carbons (Fsp3) is 0.778. The van der Waals surface area contributed by atoms with E-state index in [-0.39, 0.29) is 18.0 Å². The van der Waals surface area contributed by atoms with Crippen LogP contribution in [0.25, 0.3) is 0 Å². The van der Waals surface area contributed by atoms with Crippen LogP contribution in [0.4, 0.5) is 4.79 Å². The van der Waals surface area contributed by atoms with Crippen LogP contribution in [0.3, 0.4) is 0 Å². The first-order valence-corrected chi connectivity index (χ1v) is 8.74. The van der Waals surface area contributed by atoms with E-state index in [0.717, 1.165) is 19.5 Å². The maximum atomic E-state index is 12.6. The highest BCUT2D eigenvalue weighted by molar-refractivity contribution is 5.93. The zero-order valence-electron chi connectivity index (χ0n) is 15.2. The normalized spacial score (nSPS) is 24.4. The maximum absolute atomic E-state index is 12.6. The van der Waals surface area contributed by atoms with Crippen molar-refractivity contribution in [2.45, 2.75) is 64.6 Å². The van der Waals surface area contributed by atoms with Gasteiger partial charge in [-0.3, -0.25) is 9.69 Å². The largest absolute Gasteiger partial charge is 0.444 e. The van der Waals surface area contributed by atoms with Crippen molar-refractivity contribution in [2.75, 3.05) is 26.2 Å². The molecule has 2 heterocycles. The standard InChI is InChI=1S/C18H29N3O3/c1-5-8-16(22)19-11-15-12-20-10-7-6-9-14(20)13-21(15)17(23)24-18(2,3)4/h14-15H,6-7,9-13H2,1-4H3,(H,19,22). The van der Waals surface area contributed by atoms with Crippen molar-refractivity contribution in [3.63, 3.8) is 0 Å². The number of nitrogens with zero attached hydrogens (tertiary/aromatic N) is 2. The topological polar surface area (TPSA) is 61.9 Å². The second-order valence-electron chi connectivity index (χ2n) is 7.52. The molecule has 0 bridgehead atoms. The fourth-order valence-electron chi connectivity index (χ4n) is 3.34. The van der Waals surface area contributed by atoms with E-state index in [1.54, 1.807) is 11.8 Å². The molecule has 0 aromatic heterocycles. The number of carbonyl (C=O) groups is 2. The van der Waals surface area contributed by atoms with Gasteiger partial charge in [-0.25, -0.2) is 4.79 Å². The fourth-order valence-corrected chi connectivity index (χ4v) is 3.34. The molecular weight excluding hydrogens is 306 g/mol. The first-order valence-electron chi connectivity index (χ1n) is 8.74. The Morgan fingerprint density at radius 2 is 2.00 bits per heavy atom. The van der Waals surface area contributed by atoms with Gasteiger partial charge in [0, 0.05) is 25.7 Å². The molecular formula is C18H29N3O3. The summed E-state index contributed by atoms with van der Waals surface area (Å²) in [4.78, 5) is 28.5. The highest BCUT2D eigenvalue weighted by Gasteiger charge is 2.39. The number of hydrogen-bond acceptors (Lipinski definition) is 4. The Morgan fingerprint density at radius 1 is 1.25 bits per heavy atom. The van der Waals surface area contributed by atoms with Gasteiger partial charge >= 0.3 is 6.09 Å². The van der Waals surface area contributed by atoms with Gasteiger partial charge in [0.15, 0.2) is 0 Å². The Balaban J connectivity index is 2.06. The number of carbonyl (C=O) groups excluding carboxylic acids is 2. The van der Waals surface area contributed by atoms with Crippen LogP contribution < -0.4 is 5.32 Å². The summed E-state index contributed by atoms with van der Waals surface area (Å²) in [5.74, 6) is 4.76. The lowest BCUT2D eigenvalue weighted by Crippen LogP contribution is -2.63. The summed E-state index contributed by atoms with van der Waals surface area (Å²) in [5.41, 5.74) is -0.526. The third-order valence-electron chi connectivity index (χ3n) is 4.41. The van der Waals surface area contributed by atoms with Gasteiger partial charge in [-0.2, -0.15) is 0 Å². The van der Waals surface area contributed by atoms with Crippen LogP contribution in [-0.4, -0.2) is 65.7 Å². The lowest BCUT2D eigenvalue weighted by atomic mass is 9.97. The molecule has 1 N–H and O–H groups in total. The number of piperidine rings is 1. The van der Waals surface area contributed by atoms with Crippen LogP contribution in [-0.2, 0) is 9.53 Å². The molecule has 2 atom stereocenters. The van der Waals surface area contributed by atoms with E-state index < -0.39 is 5.60 Å². The van der Waals surface area contributed by atoms with Crippen molar-refractivity contribution in [3.8, 4) is 11.8 Å². The summed E-state index contributed by atoms with van der Waals surface area (Å²) in [7, 11) is 0. The third kappa shape index (κ3) is 5.13. The number of amides is 2. The lowest BCUT2D eigenvalue weighted by Gasteiger charge is -2.48. The summed E-state index contributed by atoms with van der Waals surface area (Å²) >= 11 is 0. The Labute approximate surface area is 144 Å². The van der Waals surface area contributed by atoms with Crippen molar-refractivity contribution in [1.29, 1.82) is 0 Å². The molecule has 0 spiro atoms. The molecule has 0 aromatic rings. The van der Waals surface area contributed by atoms with E-state index in [1.807, 2.05) is 20.8 Å².